The summed E-state index contributed by atoms with van der Waals surface area (Å²) >= 11 is 0. The van der Waals surface area contributed by atoms with Crippen LogP contribution in [-0.2, 0) is 96.8 Å². The number of halogens is 1. The van der Waals surface area contributed by atoms with Crippen molar-refractivity contribution in [3.63, 3.8) is 0 Å². The summed E-state index contributed by atoms with van der Waals surface area (Å²) in [6.45, 7) is 14.0. The van der Waals surface area contributed by atoms with Crippen LogP contribution in [0.15, 0.2) is 29.1 Å². The molecule has 1 aromatic carbocycles. The number of alkyl carbamates (subject to hydrolysis) is 2. The fraction of sp³-hybridized carbons (Fsp3) is 0.588. The van der Waals surface area contributed by atoms with E-state index in [4.69, 9.17) is 34.4 Å². The number of amides is 10. The molecular formula is C68H90FN11O21. The number of esters is 1. The molecule has 8 rings (SSSR count). The third kappa shape index (κ3) is 18.1. The minimum absolute atomic E-state index is 0.0259. The molecule has 10 amide bonds. The molecule has 6 heterocycles. The first-order valence-corrected chi connectivity index (χ1v) is 33.5. The Balaban J connectivity index is 0.852. The first kappa shape index (κ1) is 77.4. The molecule has 0 bridgehead atoms. The highest BCUT2D eigenvalue weighted by molar-refractivity contribution is 6.13. The number of nitrogens with zero attached hydrogens (tertiary/aromatic N) is 3. The molecule has 1 aliphatic carbocycles. The number of aliphatic hydroxyl groups excluding tert-OH is 2. The Morgan fingerprint density at radius 2 is 1.54 bits per heavy atom. The van der Waals surface area contributed by atoms with E-state index in [0.717, 1.165) is 17.1 Å². The summed E-state index contributed by atoms with van der Waals surface area (Å²) in [5, 5.41) is 51.3. The number of carbonyl (C=O) groups excluding carboxylic acids is 12. The van der Waals surface area contributed by atoms with Crippen LogP contribution in [0.4, 0.5) is 14.0 Å². The second kappa shape index (κ2) is 32.1. The summed E-state index contributed by atoms with van der Waals surface area (Å²) in [6, 6.07) is -1.49. The average Bonchev–Trinajstić information content (AvgIpc) is 1.63. The van der Waals surface area contributed by atoms with E-state index >= 15 is 4.39 Å². The molecule has 1 fully saturated rings. The minimum Gasteiger partial charge on any atom is -0.458 e. The van der Waals surface area contributed by atoms with Crippen molar-refractivity contribution in [2.75, 3.05) is 39.6 Å². The van der Waals surface area contributed by atoms with Crippen LogP contribution in [0.1, 0.15) is 153 Å². The number of hydrogen-bond donors (Lipinski definition) is 11. The number of nitrogens with two attached hydrogens (primary N) is 1. The maximum atomic E-state index is 15.6. The van der Waals surface area contributed by atoms with E-state index in [-0.39, 0.29) is 76.4 Å². The number of fused-ring (bicyclic) bond motifs is 5. The van der Waals surface area contributed by atoms with Gasteiger partial charge in [-0.2, -0.15) is 0 Å². The standard InChI is InChI=1S/C68H90FN11O21/c1-11-68(96)39-23-44-56-37(28-79(44)61(91)38(39)29-99-63(68)93)54-41(13-12-36-34(5)40(69)24-43(76-56)53(36)54)77-62(92)67(9,10)30-97-31-74-59(89)33(4)22-45(81)55(32(2)3)78-60(90)42(14-15-49(83)72-27-47-58(88)57(87)46(100-47)25-48(70)82)75-50(84)18-20-71-64(94)98-21-19-35(80-51(85)16-17-52(80)86)26-73-65(95)101-66(6,7)8/h16-17,23-24,32-33,35,41-42,46-47,55,57-58,87-88,96H,11-15,18-22,25-31H2,1-10H3,(H2,70,82)(H,71,94)(H,72,83)(H,73,95)(H,74,89)(H,75,84)(H,77,92)(H,78,90)/t33-,35-,41+,42+,46+,47-,55+,57+,58-,68+/m1/s1. The van der Waals surface area contributed by atoms with Gasteiger partial charge in [0, 0.05) is 86.0 Å². The number of pyridine rings is 2. The highest BCUT2D eigenvalue weighted by Gasteiger charge is 2.47. The number of ketones is 1. The number of aromatic nitrogens is 2. The van der Waals surface area contributed by atoms with Crippen LogP contribution in [-0.4, -0.2) is 189 Å². The molecule has 10 atom stereocenters. The minimum atomic E-state index is -2.09. The van der Waals surface area contributed by atoms with Crippen molar-refractivity contribution >= 4 is 82.1 Å². The number of aryl methyl sites for hydroxylation is 1. The van der Waals surface area contributed by atoms with Gasteiger partial charge in [0.15, 0.2) is 11.4 Å². The fourth-order valence-electron chi connectivity index (χ4n) is 12.8. The van der Waals surface area contributed by atoms with Crippen LogP contribution in [0.5, 0.6) is 0 Å². The molecule has 101 heavy (non-hydrogen) atoms. The Labute approximate surface area is 580 Å². The number of imide groups is 1. The molecule has 0 unspecified atom stereocenters. The summed E-state index contributed by atoms with van der Waals surface area (Å²) in [5.74, 6) is -9.14. The van der Waals surface area contributed by atoms with Gasteiger partial charge in [-0.15, -0.1) is 0 Å². The quantitative estimate of drug-likeness (QED) is 0.0108. The van der Waals surface area contributed by atoms with Crippen molar-refractivity contribution in [3.05, 3.63) is 73.8 Å². The predicted octanol–water partition coefficient (Wildman–Crippen LogP) is 0.554. The summed E-state index contributed by atoms with van der Waals surface area (Å²) in [7, 11) is 0. The second-order valence-corrected chi connectivity index (χ2v) is 27.9. The van der Waals surface area contributed by atoms with Crippen molar-refractivity contribution in [1.29, 1.82) is 0 Å². The first-order chi connectivity index (χ1) is 47.4. The van der Waals surface area contributed by atoms with Gasteiger partial charge in [0.1, 0.15) is 49.1 Å². The van der Waals surface area contributed by atoms with E-state index in [2.05, 4.69) is 37.2 Å². The zero-order valence-corrected chi connectivity index (χ0v) is 58.1. The van der Waals surface area contributed by atoms with E-state index in [0.29, 0.717) is 57.4 Å². The lowest BCUT2D eigenvalue weighted by Crippen LogP contribution is -2.54. The number of carbonyl (C=O) groups is 12. The number of ether oxygens (including phenoxy) is 5. The van der Waals surface area contributed by atoms with Gasteiger partial charge in [-0.05, 0) is 95.9 Å². The van der Waals surface area contributed by atoms with Gasteiger partial charge in [-0.3, -0.25) is 52.8 Å². The monoisotopic (exact) mass is 1420 g/mol. The van der Waals surface area contributed by atoms with Crippen LogP contribution < -0.4 is 48.5 Å². The fourth-order valence-corrected chi connectivity index (χ4v) is 12.8. The molecule has 0 radical (unpaired) electrons. The number of rotatable bonds is 31. The first-order valence-electron chi connectivity index (χ1n) is 33.5. The highest BCUT2D eigenvalue weighted by atomic mass is 19.1. The number of cyclic esters (lactones) is 1. The molecule has 5 aliphatic rings. The van der Waals surface area contributed by atoms with Crippen molar-refractivity contribution < 1.29 is 101 Å². The maximum absolute atomic E-state index is 15.6. The summed E-state index contributed by atoms with van der Waals surface area (Å²) in [4.78, 5) is 177. The van der Waals surface area contributed by atoms with Gasteiger partial charge in [0.25, 0.3) is 17.4 Å². The maximum Gasteiger partial charge on any atom is 0.407 e. The molecule has 0 spiro atoms. The van der Waals surface area contributed by atoms with E-state index in [1.807, 2.05) is 0 Å². The SMILES string of the molecule is CC[C@@]1(O)C(=O)OCc2c1cc1n(c2=O)Cc2c-1nc1cc(F)c(C)c3c1c2[C@@H](NC(=O)C(C)(C)COCNC(=O)[C@H](C)CC(=O)[C@@H](NC(=O)[C@H](CCC(=O)NC[C@H]1O[C@@H](CC(N)=O)[C@H](O)[C@@H]1O)NC(=O)CCNC(=O)OCC[C@H](CNC(=O)OC(C)(C)C)N1C(=O)C=CC1=O)C(C)C)CC3. The highest BCUT2D eigenvalue weighted by Crippen LogP contribution is 2.46. The predicted molar refractivity (Wildman–Crippen MR) is 353 cm³/mol. The van der Waals surface area contributed by atoms with Gasteiger partial charge in [-0.25, -0.2) is 23.8 Å². The lowest BCUT2D eigenvalue weighted by atomic mass is 9.81. The summed E-state index contributed by atoms with van der Waals surface area (Å²) < 4.78 is 44.2. The van der Waals surface area contributed by atoms with E-state index < -0.39 is 192 Å². The third-order valence-electron chi connectivity index (χ3n) is 18.4. The van der Waals surface area contributed by atoms with Crippen LogP contribution >= 0.6 is 0 Å². The van der Waals surface area contributed by atoms with Crippen LogP contribution in [0.25, 0.3) is 22.3 Å². The Hall–Kier alpha value is -9.31. The summed E-state index contributed by atoms with van der Waals surface area (Å²) in [5.41, 5.74) is 4.11. The number of aliphatic hydroxyl groups is 3. The number of Topliss-reactive ketones (excluding diaryl/α,β-unsaturated/α-hetero) is 1. The Morgan fingerprint density at radius 1 is 0.851 bits per heavy atom. The van der Waals surface area contributed by atoms with Crippen LogP contribution in [0.2, 0.25) is 0 Å². The largest absolute Gasteiger partial charge is 0.458 e. The molecule has 3 aromatic rings. The zero-order valence-electron chi connectivity index (χ0n) is 58.1. The number of hydrogen-bond acceptors (Lipinski definition) is 22. The Kier molecular flexibility index (Phi) is 24.6. The molecule has 2 aromatic heterocycles. The van der Waals surface area contributed by atoms with Crippen molar-refractivity contribution in [1.82, 2.24) is 51.7 Å². The van der Waals surface area contributed by atoms with Crippen molar-refractivity contribution in [2.24, 2.45) is 23.0 Å². The van der Waals surface area contributed by atoms with Crippen LogP contribution in [0.3, 0.4) is 0 Å². The molecule has 32 nitrogen and oxygen atoms in total. The second-order valence-electron chi connectivity index (χ2n) is 27.9. The lowest BCUT2D eigenvalue weighted by molar-refractivity contribution is -0.172. The Bertz CT molecular complexity index is 3870. The molecule has 4 aliphatic heterocycles. The lowest BCUT2D eigenvalue weighted by Gasteiger charge is -2.32. The number of benzene rings is 1. The number of primary amides is 1. The average molecular weight is 1420 g/mol. The molecule has 1 saturated heterocycles. The molecule has 550 valence electrons. The molecular weight excluding hydrogens is 1330 g/mol. The van der Waals surface area contributed by atoms with Crippen LogP contribution in [0, 0.1) is 30.0 Å². The zero-order chi connectivity index (χ0) is 74.3. The van der Waals surface area contributed by atoms with Gasteiger partial charge in [0.05, 0.1) is 78.3 Å². The van der Waals surface area contributed by atoms with E-state index in [9.17, 15) is 77.6 Å². The smallest absolute Gasteiger partial charge is 0.407 e. The van der Waals surface area contributed by atoms with Gasteiger partial charge >= 0.3 is 18.2 Å². The topological polar surface area (TPSA) is 460 Å². The number of nitrogens with one attached hydrogen (secondary N) is 7. The van der Waals surface area contributed by atoms with Gasteiger partial charge < -0.3 is 86.5 Å². The Morgan fingerprint density at radius 3 is 2.21 bits per heavy atom. The van der Waals surface area contributed by atoms with Crippen molar-refractivity contribution in [3.8, 4) is 11.4 Å². The normalized spacial score (nSPS) is 20.9. The molecule has 0 saturated carbocycles. The van der Waals surface area contributed by atoms with E-state index in [1.54, 1.807) is 68.4 Å². The molecule has 12 N–H and O–H groups in total. The third-order valence-corrected chi connectivity index (χ3v) is 18.4. The van der Waals surface area contributed by atoms with Gasteiger partial charge in [0.2, 0.25) is 35.4 Å². The van der Waals surface area contributed by atoms with Gasteiger partial charge in [-0.1, -0.05) is 27.7 Å². The molecule has 33 heteroatoms. The van der Waals surface area contributed by atoms with Crippen molar-refractivity contribution in [2.45, 2.75) is 200 Å². The summed E-state index contributed by atoms with van der Waals surface area (Å²) in [6.07, 6.45) is -6.53. The van der Waals surface area contributed by atoms with E-state index in [1.165, 1.54) is 17.6 Å².